The molecule has 0 aliphatic carbocycles. The number of nitrogens with zero attached hydrogens (tertiary/aromatic N) is 3. The maximum Gasteiger partial charge on any atom is 0.269 e. The second-order valence-electron chi connectivity index (χ2n) is 6.43. The number of piperazine rings is 1. The Morgan fingerprint density at radius 1 is 1.23 bits per heavy atom. The number of likely N-dealkylation sites (N-methyl/N-ethyl adjacent to an activating group) is 1. The van der Waals surface area contributed by atoms with Crippen LogP contribution in [-0.4, -0.2) is 52.8 Å². The van der Waals surface area contributed by atoms with Gasteiger partial charge in [-0.15, -0.1) is 0 Å². The monoisotopic (exact) mass is 299 g/mol. The van der Waals surface area contributed by atoms with Crippen molar-refractivity contribution in [3.05, 3.63) is 30.0 Å². The highest BCUT2D eigenvalue weighted by molar-refractivity contribution is 6.04. The standard InChI is InChI=1S/C16H21N5O/c1-20-11-6-10(7-12(20)9-18-8-11)21-14-5-3-2-4-13(14)15(19-21)16(17)22/h2-5,10-12,18H,6-9H2,1H3,(H2,17,22). The van der Waals surface area contributed by atoms with E-state index in [4.69, 9.17) is 5.73 Å². The van der Waals surface area contributed by atoms with E-state index >= 15 is 0 Å². The van der Waals surface area contributed by atoms with E-state index in [0.717, 1.165) is 36.8 Å². The van der Waals surface area contributed by atoms with Gasteiger partial charge in [-0.25, -0.2) is 0 Å². The Labute approximate surface area is 129 Å². The number of aromatic nitrogens is 2. The SMILES string of the molecule is CN1C2CNCC1CC(n1nc(C(N)=O)c3ccccc31)C2. The predicted octanol–water partition coefficient (Wildman–Crippen LogP) is 0.742. The summed E-state index contributed by atoms with van der Waals surface area (Å²) in [7, 11) is 2.21. The molecule has 2 fully saturated rings. The number of nitrogens with two attached hydrogens (primary N) is 1. The first-order valence-corrected chi connectivity index (χ1v) is 7.85. The van der Waals surface area contributed by atoms with Crippen LogP contribution in [0.3, 0.4) is 0 Å². The molecule has 0 spiro atoms. The Hall–Kier alpha value is -1.92. The van der Waals surface area contributed by atoms with Crippen molar-refractivity contribution < 1.29 is 4.79 Å². The Bertz CT molecular complexity index is 710. The fourth-order valence-electron chi connectivity index (χ4n) is 3.98. The molecule has 2 unspecified atom stereocenters. The van der Waals surface area contributed by atoms with Crippen LogP contribution in [0.2, 0.25) is 0 Å². The number of fused-ring (bicyclic) bond motifs is 3. The number of carbonyl (C=O) groups is 1. The third-order valence-electron chi connectivity index (χ3n) is 5.19. The molecule has 4 rings (SSSR count). The Morgan fingerprint density at radius 3 is 2.59 bits per heavy atom. The van der Waals surface area contributed by atoms with Gasteiger partial charge in [0.15, 0.2) is 5.69 Å². The molecule has 2 aliphatic heterocycles. The summed E-state index contributed by atoms with van der Waals surface area (Å²) in [6.45, 7) is 2.04. The number of piperidine rings is 1. The number of primary amides is 1. The van der Waals surface area contributed by atoms with Gasteiger partial charge in [-0.3, -0.25) is 14.4 Å². The summed E-state index contributed by atoms with van der Waals surface area (Å²) in [5.74, 6) is -0.454. The van der Waals surface area contributed by atoms with E-state index in [0.29, 0.717) is 23.8 Å². The quantitative estimate of drug-likeness (QED) is 0.857. The number of benzene rings is 1. The molecule has 0 radical (unpaired) electrons. The van der Waals surface area contributed by atoms with Gasteiger partial charge in [0.2, 0.25) is 0 Å². The van der Waals surface area contributed by atoms with E-state index in [1.54, 1.807) is 0 Å². The molecule has 3 heterocycles. The van der Waals surface area contributed by atoms with Gasteiger partial charge in [0.05, 0.1) is 11.6 Å². The summed E-state index contributed by atoms with van der Waals surface area (Å²) in [5, 5.41) is 8.93. The summed E-state index contributed by atoms with van der Waals surface area (Å²) in [5.41, 5.74) is 6.90. The molecule has 2 atom stereocenters. The van der Waals surface area contributed by atoms with E-state index in [9.17, 15) is 4.79 Å². The van der Waals surface area contributed by atoms with Gasteiger partial charge in [-0.1, -0.05) is 18.2 Å². The van der Waals surface area contributed by atoms with Crippen molar-refractivity contribution in [1.29, 1.82) is 0 Å². The molecule has 1 aromatic heterocycles. The number of carbonyl (C=O) groups excluding carboxylic acids is 1. The molecule has 1 amide bonds. The van der Waals surface area contributed by atoms with Gasteiger partial charge in [0.1, 0.15) is 0 Å². The van der Waals surface area contributed by atoms with Crippen molar-refractivity contribution in [2.24, 2.45) is 5.73 Å². The van der Waals surface area contributed by atoms with Crippen molar-refractivity contribution in [2.45, 2.75) is 31.0 Å². The lowest BCUT2D eigenvalue weighted by atomic mass is 9.89. The Morgan fingerprint density at radius 2 is 1.91 bits per heavy atom. The van der Waals surface area contributed by atoms with Crippen molar-refractivity contribution in [1.82, 2.24) is 20.0 Å². The molecule has 6 nitrogen and oxygen atoms in total. The van der Waals surface area contributed by atoms with E-state index < -0.39 is 5.91 Å². The third kappa shape index (κ3) is 2.02. The van der Waals surface area contributed by atoms with Crippen molar-refractivity contribution in [2.75, 3.05) is 20.1 Å². The molecule has 0 saturated carbocycles. The van der Waals surface area contributed by atoms with Gasteiger partial charge in [-0.05, 0) is 26.0 Å². The number of rotatable bonds is 2. The average molecular weight is 299 g/mol. The smallest absolute Gasteiger partial charge is 0.269 e. The molecule has 1 aromatic carbocycles. The van der Waals surface area contributed by atoms with Crippen LogP contribution >= 0.6 is 0 Å². The molecule has 22 heavy (non-hydrogen) atoms. The summed E-state index contributed by atoms with van der Waals surface area (Å²) in [6, 6.07) is 9.25. The second kappa shape index (κ2) is 5.07. The molecule has 6 heteroatoms. The third-order valence-corrected chi connectivity index (χ3v) is 5.19. The fourth-order valence-corrected chi connectivity index (χ4v) is 3.98. The number of hydrogen-bond acceptors (Lipinski definition) is 4. The first-order valence-electron chi connectivity index (χ1n) is 7.85. The summed E-state index contributed by atoms with van der Waals surface area (Å²) in [6.07, 6.45) is 2.09. The molecule has 116 valence electrons. The predicted molar refractivity (Wildman–Crippen MR) is 84.7 cm³/mol. The molecule has 3 N–H and O–H groups in total. The second-order valence-corrected chi connectivity index (χ2v) is 6.43. The van der Waals surface area contributed by atoms with Crippen LogP contribution in [0.15, 0.2) is 24.3 Å². The van der Waals surface area contributed by atoms with Crippen molar-refractivity contribution in [3.63, 3.8) is 0 Å². The van der Waals surface area contributed by atoms with E-state index in [2.05, 4.69) is 22.4 Å². The Balaban J connectivity index is 1.77. The van der Waals surface area contributed by atoms with Gasteiger partial charge in [0.25, 0.3) is 5.91 Å². The molecule has 2 bridgehead atoms. The number of para-hydroxylation sites is 1. The fraction of sp³-hybridized carbons (Fsp3) is 0.500. The normalized spacial score (nSPS) is 28.9. The maximum atomic E-state index is 11.7. The van der Waals surface area contributed by atoms with Gasteiger partial charge < -0.3 is 11.1 Å². The van der Waals surface area contributed by atoms with Crippen LogP contribution in [0.1, 0.15) is 29.4 Å². The number of nitrogens with one attached hydrogen (secondary N) is 1. The van der Waals surface area contributed by atoms with E-state index in [-0.39, 0.29) is 0 Å². The van der Waals surface area contributed by atoms with Crippen LogP contribution in [-0.2, 0) is 0 Å². The number of hydrogen-bond donors (Lipinski definition) is 2. The van der Waals surface area contributed by atoms with Crippen molar-refractivity contribution >= 4 is 16.8 Å². The van der Waals surface area contributed by atoms with Crippen LogP contribution in [0.5, 0.6) is 0 Å². The lowest BCUT2D eigenvalue weighted by Gasteiger charge is -2.47. The zero-order chi connectivity index (χ0) is 15.3. The minimum Gasteiger partial charge on any atom is -0.364 e. The summed E-state index contributed by atoms with van der Waals surface area (Å²) in [4.78, 5) is 14.2. The highest BCUT2D eigenvalue weighted by Gasteiger charge is 2.37. The summed E-state index contributed by atoms with van der Waals surface area (Å²) >= 11 is 0. The molecular weight excluding hydrogens is 278 g/mol. The van der Waals surface area contributed by atoms with Gasteiger partial charge in [-0.2, -0.15) is 5.10 Å². The van der Waals surface area contributed by atoms with Gasteiger partial charge >= 0.3 is 0 Å². The van der Waals surface area contributed by atoms with Gasteiger partial charge in [0, 0.05) is 30.6 Å². The lowest BCUT2D eigenvalue weighted by Crippen LogP contribution is -2.59. The average Bonchev–Trinajstić information content (AvgIpc) is 2.87. The molecular formula is C16H21N5O. The van der Waals surface area contributed by atoms with E-state index in [1.807, 2.05) is 28.9 Å². The van der Waals surface area contributed by atoms with E-state index in [1.165, 1.54) is 0 Å². The molecule has 2 aliphatic rings. The first kappa shape index (κ1) is 13.7. The first-order chi connectivity index (χ1) is 10.6. The minimum absolute atomic E-state index is 0.325. The summed E-state index contributed by atoms with van der Waals surface area (Å²) < 4.78 is 2.04. The van der Waals surface area contributed by atoms with Crippen LogP contribution in [0.4, 0.5) is 0 Å². The minimum atomic E-state index is -0.454. The highest BCUT2D eigenvalue weighted by atomic mass is 16.1. The molecule has 2 saturated heterocycles. The van der Waals surface area contributed by atoms with Crippen molar-refractivity contribution in [3.8, 4) is 0 Å². The zero-order valence-corrected chi connectivity index (χ0v) is 12.7. The largest absolute Gasteiger partial charge is 0.364 e. The maximum absolute atomic E-state index is 11.7. The van der Waals surface area contributed by atoms with Crippen LogP contribution in [0, 0.1) is 0 Å². The van der Waals surface area contributed by atoms with Crippen LogP contribution in [0.25, 0.3) is 10.9 Å². The lowest BCUT2D eigenvalue weighted by molar-refractivity contribution is 0.0502. The highest BCUT2D eigenvalue weighted by Crippen LogP contribution is 2.34. The number of amides is 1. The Kier molecular flexibility index (Phi) is 3.16. The zero-order valence-electron chi connectivity index (χ0n) is 12.7. The molecule has 2 aromatic rings. The topological polar surface area (TPSA) is 76.2 Å². The van der Waals surface area contributed by atoms with Crippen LogP contribution < -0.4 is 11.1 Å².